The van der Waals surface area contributed by atoms with Gasteiger partial charge in [-0.3, -0.25) is 4.99 Å². The van der Waals surface area contributed by atoms with Crippen LogP contribution < -0.4 is 4.90 Å². The van der Waals surface area contributed by atoms with Crippen LogP contribution in [0.5, 0.6) is 0 Å². The standard InChI is InChI=1S/C18H19ClN2/c1-14-4-7-16(12-18(14)19)20-13-15-5-8-17(9-6-15)21-10-2-3-11-21/h4-9,12-13H,2-3,10-11H2,1H3. The lowest BCUT2D eigenvalue weighted by Gasteiger charge is -2.17. The zero-order chi connectivity index (χ0) is 14.7. The first-order valence-corrected chi connectivity index (χ1v) is 7.75. The number of aliphatic imine (C=N–C) groups is 1. The zero-order valence-electron chi connectivity index (χ0n) is 12.2. The molecule has 3 heteroatoms. The fraction of sp³-hybridized carbons (Fsp3) is 0.278. The van der Waals surface area contributed by atoms with Gasteiger partial charge in [-0.25, -0.2) is 0 Å². The maximum absolute atomic E-state index is 6.11. The molecule has 0 atom stereocenters. The maximum Gasteiger partial charge on any atom is 0.0644 e. The first-order chi connectivity index (χ1) is 10.2. The van der Waals surface area contributed by atoms with Crippen LogP contribution in [-0.2, 0) is 0 Å². The number of rotatable bonds is 3. The maximum atomic E-state index is 6.11. The van der Waals surface area contributed by atoms with Crippen molar-refractivity contribution in [1.82, 2.24) is 0 Å². The highest BCUT2D eigenvalue weighted by molar-refractivity contribution is 6.31. The van der Waals surface area contributed by atoms with Crippen LogP contribution in [0.4, 0.5) is 11.4 Å². The normalized spacial score (nSPS) is 15.0. The van der Waals surface area contributed by atoms with Crippen LogP contribution in [-0.4, -0.2) is 19.3 Å². The molecule has 0 spiro atoms. The average molecular weight is 299 g/mol. The average Bonchev–Trinajstić information content (AvgIpc) is 3.03. The Balaban J connectivity index is 1.72. The molecule has 0 amide bonds. The molecule has 0 bridgehead atoms. The van der Waals surface area contributed by atoms with Crippen LogP contribution in [0.1, 0.15) is 24.0 Å². The molecule has 0 saturated carbocycles. The summed E-state index contributed by atoms with van der Waals surface area (Å²) in [6, 6.07) is 14.5. The molecule has 0 N–H and O–H groups in total. The Hall–Kier alpha value is -1.80. The van der Waals surface area contributed by atoms with Crippen molar-refractivity contribution in [3.8, 4) is 0 Å². The highest BCUT2D eigenvalue weighted by Gasteiger charge is 2.11. The van der Waals surface area contributed by atoms with Crippen LogP contribution in [0.3, 0.4) is 0 Å². The van der Waals surface area contributed by atoms with Gasteiger partial charge in [-0.2, -0.15) is 0 Å². The molecule has 2 aromatic rings. The molecular formula is C18H19ClN2. The van der Waals surface area contributed by atoms with Crippen molar-refractivity contribution < 1.29 is 0 Å². The third-order valence-electron chi connectivity index (χ3n) is 3.88. The molecule has 1 aliphatic rings. The number of benzene rings is 2. The SMILES string of the molecule is Cc1ccc(N=Cc2ccc(N3CCCC3)cc2)cc1Cl. The van der Waals surface area contributed by atoms with E-state index in [0.717, 1.165) is 21.8 Å². The first kappa shape index (κ1) is 14.2. The van der Waals surface area contributed by atoms with Gasteiger partial charge >= 0.3 is 0 Å². The summed E-state index contributed by atoms with van der Waals surface area (Å²) in [6.07, 6.45) is 4.49. The Morgan fingerprint density at radius 2 is 1.76 bits per heavy atom. The third-order valence-corrected chi connectivity index (χ3v) is 4.29. The quantitative estimate of drug-likeness (QED) is 0.728. The van der Waals surface area contributed by atoms with Gasteiger partial charge in [0.1, 0.15) is 0 Å². The number of anilines is 1. The number of hydrogen-bond acceptors (Lipinski definition) is 2. The van der Waals surface area contributed by atoms with Crippen molar-refractivity contribution in [3.05, 3.63) is 58.6 Å². The molecule has 1 saturated heterocycles. The monoisotopic (exact) mass is 298 g/mol. The van der Waals surface area contributed by atoms with Crippen molar-refractivity contribution in [2.24, 2.45) is 4.99 Å². The highest BCUT2D eigenvalue weighted by Crippen LogP contribution is 2.23. The minimum absolute atomic E-state index is 0.758. The van der Waals surface area contributed by atoms with Gasteiger partial charge in [-0.15, -0.1) is 0 Å². The first-order valence-electron chi connectivity index (χ1n) is 7.37. The summed E-state index contributed by atoms with van der Waals surface area (Å²) >= 11 is 6.11. The van der Waals surface area contributed by atoms with Crippen molar-refractivity contribution in [3.63, 3.8) is 0 Å². The molecule has 1 fully saturated rings. The van der Waals surface area contributed by atoms with Crippen LogP contribution in [0.2, 0.25) is 5.02 Å². The summed E-state index contributed by atoms with van der Waals surface area (Å²) in [7, 11) is 0. The summed E-state index contributed by atoms with van der Waals surface area (Å²) in [5, 5.41) is 0.758. The third kappa shape index (κ3) is 3.45. The van der Waals surface area contributed by atoms with Gasteiger partial charge in [-0.1, -0.05) is 29.8 Å². The van der Waals surface area contributed by atoms with Gasteiger partial charge in [0.15, 0.2) is 0 Å². The Bertz CT molecular complexity index is 641. The second kappa shape index (κ2) is 6.31. The van der Waals surface area contributed by atoms with Gasteiger partial charge < -0.3 is 4.90 Å². The fourth-order valence-electron chi connectivity index (χ4n) is 2.56. The van der Waals surface area contributed by atoms with Crippen LogP contribution in [0.15, 0.2) is 47.5 Å². The number of nitrogens with zero attached hydrogens (tertiary/aromatic N) is 2. The number of hydrogen-bond donors (Lipinski definition) is 0. The van der Waals surface area contributed by atoms with Gasteiger partial charge in [0.25, 0.3) is 0 Å². The van der Waals surface area contributed by atoms with Crippen molar-refractivity contribution in [2.45, 2.75) is 19.8 Å². The van der Waals surface area contributed by atoms with E-state index in [4.69, 9.17) is 11.6 Å². The van der Waals surface area contributed by atoms with E-state index in [9.17, 15) is 0 Å². The minimum atomic E-state index is 0.758. The largest absolute Gasteiger partial charge is 0.372 e. The van der Waals surface area contributed by atoms with E-state index >= 15 is 0 Å². The van der Waals surface area contributed by atoms with E-state index in [1.165, 1.54) is 31.6 Å². The number of halogens is 1. The lowest BCUT2D eigenvalue weighted by atomic mass is 10.2. The summed E-state index contributed by atoms with van der Waals surface area (Å²) in [5.41, 5.74) is 4.37. The van der Waals surface area contributed by atoms with Crippen LogP contribution >= 0.6 is 11.6 Å². The van der Waals surface area contributed by atoms with Gasteiger partial charge in [0, 0.05) is 30.0 Å². The molecule has 1 heterocycles. The lowest BCUT2D eigenvalue weighted by Crippen LogP contribution is -2.17. The highest BCUT2D eigenvalue weighted by atomic mass is 35.5. The van der Waals surface area contributed by atoms with Crippen LogP contribution in [0.25, 0.3) is 0 Å². The predicted molar refractivity (Wildman–Crippen MR) is 91.3 cm³/mol. The summed E-state index contributed by atoms with van der Waals surface area (Å²) in [4.78, 5) is 6.91. The molecule has 108 valence electrons. The van der Waals surface area contributed by atoms with Gasteiger partial charge in [-0.05, 0) is 55.2 Å². The topological polar surface area (TPSA) is 15.6 Å². The lowest BCUT2D eigenvalue weighted by molar-refractivity contribution is 0.949. The van der Waals surface area contributed by atoms with Gasteiger partial charge in [0.2, 0.25) is 0 Å². The molecule has 2 aromatic carbocycles. The molecule has 1 aliphatic heterocycles. The van der Waals surface area contributed by atoms with Crippen molar-refractivity contribution >= 4 is 29.2 Å². The van der Waals surface area contributed by atoms with Crippen LogP contribution in [0, 0.1) is 6.92 Å². The predicted octanol–water partition coefficient (Wildman–Crippen LogP) is 5.00. The number of aryl methyl sites for hydroxylation is 1. The molecular weight excluding hydrogens is 280 g/mol. The van der Waals surface area contributed by atoms with E-state index in [0.29, 0.717) is 0 Å². The van der Waals surface area contributed by atoms with Crippen molar-refractivity contribution in [1.29, 1.82) is 0 Å². The van der Waals surface area contributed by atoms with Crippen molar-refractivity contribution in [2.75, 3.05) is 18.0 Å². The Morgan fingerprint density at radius 3 is 2.43 bits per heavy atom. The molecule has 0 aromatic heterocycles. The Kier molecular flexibility index (Phi) is 4.26. The minimum Gasteiger partial charge on any atom is -0.372 e. The molecule has 21 heavy (non-hydrogen) atoms. The molecule has 3 rings (SSSR count). The van der Waals surface area contributed by atoms with E-state index in [2.05, 4.69) is 34.2 Å². The summed E-state index contributed by atoms with van der Waals surface area (Å²) < 4.78 is 0. The van der Waals surface area contributed by atoms with E-state index in [-0.39, 0.29) is 0 Å². The van der Waals surface area contributed by atoms with Gasteiger partial charge in [0.05, 0.1) is 5.69 Å². The Labute approximate surface area is 131 Å². The second-order valence-electron chi connectivity index (χ2n) is 5.48. The zero-order valence-corrected chi connectivity index (χ0v) is 13.0. The summed E-state index contributed by atoms with van der Waals surface area (Å²) in [6.45, 7) is 4.34. The second-order valence-corrected chi connectivity index (χ2v) is 5.88. The van der Waals surface area contributed by atoms with E-state index < -0.39 is 0 Å². The smallest absolute Gasteiger partial charge is 0.0644 e. The fourth-order valence-corrected chi connectivity index (χ4v) is 2.73. The molecule has 0 unspecified atom stereocenters. The molecule has 0 radical (unpaired) electrons. The van der Waals surface area contributed by atoms with E-state index in [1.807, 2.05) is 31.3 Å². The Morgan fingerprint density at radius 1 is 1.05 bits per heavy atom. The summed E-state index contributed by atoms with van der Waals surface area (Å²) in [5.74, 6) is 0. The van der Waals surface area contributed by atoms with E-state index in [1.54, 1.807) is 0 Å². The molecule has 2 nitrogen and oxygen atoms in total. The molecule has 0 aliphatic carbocycles.